The van der Waals surface area contributed by atoms with E-state index in [4.69, 9.17) is 11.6 Å². The van der Waals surface area contributed by atoms with E-state index in [1.165, 1.54) is 12.8 Å². The minimum atomic E-state index is 0.540. The lowest BCUT2D eigenvalue weighted by Gasteiger charge is -2.27. The zero-order valence-electron chi connectivity index (χ0n) is 12.1. The molecule has 106 valence electrons. The molecule has 1 aliphatic carbocycles. The SMILES string of the molecule is CCC(CC)N(C)c1cc(CNC2CC2)c(Cl)cn1. The summed E-state index contributed by atoms with van der Waals surface area (Å²) in [7, 11) is 2.12. The summed E-state index contributed by atoms with van der Waals surface area (Å²) in [4.78, 5) is 6.73. The van der Waals surface area contributed by atoms with E-state index in [0.29, 0.717) is 12.1 Å². The first kappa shape index (κ1) is 14.6. The van der Waals surface area contributed by atoms with Crippen molar-refractivity contribution in [3.63, 3.8) is 0 Å². The van der Waals surface area contributed by atoms with Gasteiger partial charge >= 0.3 is 0 Å². The summed E-state index contributed by atoms with van der Waals surface area (Å²) >= 11 is 6.23. The van der Waals surface area contributed by atoms with E-state index in [1.54, 1.807) is 6.20 Å². The molecular formula is C15H24ClN3. The van der Waals surface area contributed by atoms with Gasteiger partial charge in [0, 0.05) is 31.9 Å². The molecule has 0 bridgehead atoms. The van der Waals surface area contributed by atoms with E-state index in [2.05, 4.69) is 42.2 Å². The molecule has 1 aromatic rings. The quantitative estimate of drug-likeness (QED) is 0.827. The van der Waals surface area contributed by atoms with Crippen LogP contribution in [0.4, 0.5) is 5.82 Å². The second-order valence-corrected chi connectivity index (χ2v) is 5.78. The van der Waals surface area contributed by atoms with Crippen LogP contribution in [0.25, 0.3) is 0 Å². The Morgan fingerprint density at radius 1 is 1.42 bits per heavy atom. The summed E-state index contributed by atoms with van der Waals surface area (Å²) in [5, 5.41) is 4.27. The second kappa shape index (κ2) is 6.58. The molecule has 1 fully saturated rings. The van der Waals surface area contributed by atoms with Crippen LogP contribution >= 0.6 is 11.6 Å². The number of anilines is 1. The third-order valence-electron chi connectivity index (χ3n) is 3.93. The molecular weight excluding hydrogens is 258 g/mol. The zero-order chi connectivity index (χ0) is 13.8. The van der Waals surface area contributed by atoms with E-state index < -0.39 is 0 Å². The van der Waals surface area contributed by atoms with Crippen molar-refractivity contribution in [1.82, 2.24) is 10.3 Å². The van der Waals surface area contributed by atoms with Gasteiger partial charge in [-0.1, -0.05) is 25.4 Å². The van der Waals surface area contributed by atoms with Crippen molar-refractivity contribution < 1.29 is 0 Å². The van der Waals surface area contributed by atoms with Crippen LogP contribution in [0.15, 0.2) is 12.3 Å². The van der Waals surface area contributed by atoms with Gasteiger partial charge < -0.3 is 10.2 Å². The normalized spacial score (nSPS) is 15.0. The molecule has 0 spiro atoms. The summed E-state index contributed by atoms with van der Waals surface area (Å²) in [5.74, 6) is 1.02. The maximum Gasteiger partial charge on any atom is 0.128 e. The van der Waals surface area contributed by atoms with Crippen LogP contribution in [-0.2, 0) is 6.54 Å². The number of halogens is 1. The average Bonchev–Trinajstić information content (AvgIpc) is 3.23. The lowest BCUT2D eigenvalue weighted by molar-refractivity contribution is 0.586. The molecule has 1 N–H and O–H groups in total. The van der Waals surface area contributed by atoms with Crippen LogP contribution in [0.3, 0.4) is 0 Å². The van der Waals surface area contributed by atoms with Crippen LogP contribution in [-0.4, -0.2) is 24.1 Å². The van der Waals surface area contributed by atoms with Crippen LogP contribution in [0.2, 0.25) is 5.02 Å². The minimum Gasteiger partial charge on any atom is -0.357 e. The smallest absolute Gasteiger partial charge is 0.128 e. The number of rotatable bonds is 7. The largest absolute Gasteiger partial charge is 0.357 e. The molecule has 2 rings (SSSR count). The minimum absolute atomic E-state index is 0.540. The van der Waals surface area contributed by atoms with Gasteiger partial charge in [-0.15, -0.1) is 0 Å². The Balaban J connectivity index is 2.09. The highest BCUT2D eigenvalue weighted by Gasteiger charge is 2.21. The fraction of sp³-hybridized carbons (Fsp3) is 0.667. The van der Waals surface area contributed by atoms with Crippen molar-refractivity contribution in [1.29, 1.82) is 0 Å². The Hall–Kier alpha value is -0.800. The summed E-state index contributed by atoms with van der Waals surface area (Å²) in [6.45, 7) is 5.28. The Morgan fingerprint density at radius 2 is 2.11 bits per heavy atom. The highest BCUT2D eigenvalue weighted by molar-refractivity contribution is 6.31. The van der Waals surface area contributed by atoms with Crippen LogP contribution in [0.5, 0.6) is 0 Å². The third kappa shape index (κ3) is 3.83. The summed E-state index contributed by atoms with van der Waals surface area (Å²) in [6.07, 6.45) is 6.63. The number of nitrogens with one attached hydrogen (secondary N) is 1. The van der Waals surface area contributed by atoms with Crippen molar-refractivity contribution in [3.05, 3.63) is 22.8 Å². The molecule has 0 unspecified atom stereocenters. The summed E-state index contributed by atoms with van der Waals surface area (Å²) in [5.41, 5.74) is 1.15. The molecule has 0 radical (unpaired) electrons. The first-order valence-corrected chi connectivity index (χ1v) is 7.64. The van der Waals surface area contributed by atoms with Crippen molar-refractivity contribution in [2.24, 2.45) is 0 Å². The van der Waals surface area contributed by atoms with Gasteiger partial charge in [-0.05, 0) is 37.3 Å². The molecule has 4 heteroatoms. The standard InChI is InChI=1S/C15H24ClN3/c1-4-13(5-2)19(3)15-8-11(14(16)10-18-15)9-17-12-6-7-12/h8,10,12-13,17H,4-7,9H2,1-3H3. The van der Waals surface area contributed by atoms with E-state index in [-0.39, 0.29) is 0 Å². The molecule has 19 heavy (non-hydrogen) atoms. The van der Waals surface area contributed by atoms with Gasteiger partial charge in [0.25, 0.3) is 0 Å². The van der Waals surface area contributed by atoms with E-state index >= 15 is 0 Å². The summed E-state index contributed by atoms with van der Waals surface area (Å²) < 4.78 is 0. The third-order valence-corrected chi connectivity index (χ3v) is 4.27. The topological polar surface area (TPSA) is 28.2 Å². The predicted octanol–water partition coefficient (Wildman–Crippen LogP) is 3.61. The molecule has 1 aromatic heterocycles. The van der Waals surface area contributed by atoms with Gasteiger partial charge in [0.1, 0.15) is 5.82 Å². The predicted molar refractivity (Wildman–Crippen MR) is 81.9 cm³/mol. The Kier molecular flexibility index (Phi) is 5.06. The highest BCUT2D eigenvalue weighted by Crippen LogP contribution is 2.24. The maximum absolute atomic E-state index is 6.23. The fourth-order valence-corrected chi connectivity index (χ4v) is 2.53. The van der Waals surface area contributed by atoms with E-state index in [9.17, 15) is 0 Å². The second-order valence-electron chi connectivity index (χ2n) is 5.37. The monoisotopic (exact) mass is 281 g/mol. The average molecular weight is 282 g/mol. The molecule has 3 nitrogen and oxygen atoms in total. The first-order valence-electron chi connectivity index (χ1n) is 7.26. The fourth-order valence-electron chi connectivity index (χ4n) is 2.36. The molecule has 0 saturated heterocycles. The molecule has 0 atom stereocenters. The van der Waals surface area contributed by atoms with E-state index in [1.807, 2.05) is 0 Å². The van der Waals surface area contributed by atoms with Crippen molar-refractivity contribution in [2.75, 3.05) is 11.9 Å². The molecule has 0 amide bonds. The van der Waals surface area contributed by atoms with Gasteiger partial charge in [-0.25, -0.2) is 4.98 Å². The van der Waals surface area contributed by atoms with Crippen molar-refractivity contribution >= 4 is 17.4 Å². The number of pyridine rings is 1. The maximum atomic E-state index is 6.23. The zero-order valence-corrected chi connectivity index (χ0v) is 12.9. The lowest BCUT2D eigenvalue weighted by Crippen LogP contribution is -2.31. The van der Waals surface area contributed by atoms with Crippen LogP contribution in [0, 0.1) is 0 Å². The molecule has 1 saturated carbocycles. The lowest BCUT2D eigenvalue weighted by atomic mass is 10.1. The number of hydrogen-bond acceptors (Lipinski definition) is 3. The molecule has 1 aliphatic rings. The number of hydrogen-bond donors (Lipinski definition) is 1. The summed E-state index contributed by atoms with van der Waals surface area (Å²) in [6, 6.07) is 3.36. The van der Waals surface area contributed by atoms with Crippen molar-refractivity contribution in [2.45, 2.75) is 58.2 Å². The van der Waals surface area contributed by atoms with Crippen LogP contribution < -0.4 is 10.2 Å². The number of nitrogens with zero attached hydrogens (tertiary/aromatic N) is 2. The Labute approximate surface area is 121 Å². The van der Waals surface area contributed by atoms with Gasteiger partial charge in [0.05, 0.1) is 5.02 Å². The Morgan fingerprint density at radius 3 is 2.68 bits per heavy atom. The van der Waals surface area contributed by atoms with Gasteiger partial charge in [0.2, 0.25) is 0 Å². The molecule has 0 aliphatic heterocycles. The highest BCUT2D eigenvalue weighted by atomic mass is 35.5. The van der Waals surface area contributed by atoms with Gasteiger partial charge in [-0.3, -0.25) is 0 Å². The van der Waals surface area contributed by atoms with Gasteiger partial charge in [-0.2, -0.15) is 0 Å². The number of aromatic nitrogens is 1. The van der Waals surface area contributed by atoms with Crippen LogP contribution in [0.1, 0.15) is 45.1 Å². The van der Waals surface area contributed by atoms with Crippen molar-refractivity contribution in [3.8, 4) is 0 Å². The molecule has 0 aromatic carbocycles. The van der Waals surface area contributed by atoms with Gasteiger partial charge in [0.15, 0.2) is 0 Å². The first-order chi connectivity index (χ1) is 9.15. The molecule has 1 heterocycles. The Bertz CT molecular complexity index is 414. The van der Waals surface area contributed by atoms with E-state index in [0.717, 1.165) is 35.8 Å².